The molecule has 0 aliphatic carbocycles. The average Bonchev–Trinajstić information content (AvgIpc) is 2.46. The van der Waals surface area contributed by atoms with Crippen molar-refractivity contribution in [3.63, 3.8) is 0 Å². The third-order valence-corrected chi connectivity index (χ3v) is 3.97. The fourth-order valence-corrected chi connectivity index (χ4v) is 2.76. The van der Waals surface area contributed by atoms with Crippen LogP contribution in [0.15, 0.2) is 16.7 Å². The Morgan fingerprint density at radius 3 is 2.58 bits per heavy atom. The average molecular weight is 328 g/mol. The predicted molar refractivity (Wildman–Crippen MR) is 77.6 cm³/mol. The lowest BCUT2D eigenvalue weighted by atomic mass is 10.2. The number of hydrogen-bond acceptors (Lipinski definition) is 5. The molecule has 0 spiro atoms. The molecule has 1 fully saturated rings. The maximum absolute atomic E-state index is 11.4. The Hall–Kier alpha value is -1.14. The summed E-state index contributed by atoms with van der Waals surface area (Å²) in [6, 6.07) is 3.63. The van der Waals surface area contributed by atoms with Gasteiger partial charge >= 0.3 is 5.97 Å². The first-order valence-corrected chi connectivity index (χ1v) is 7.17. The zero-order chi connectivity index (χ0) is 13.8. The zero-order valence-corrected chi connectivity index (χ0v) is 12.8. The molecule has 0 N–H and O–H groups in total. The molecule has 0 bridgehead atoms. The van der Waals surface area contributed by atoms with Crippen LogP contribution in [0, 0.1) is 0 Å². The maximum Gasteiger partial charge on any atom is 0.356 e. The van der Waals surface area contributed by atoms with Gasteiger partial charge in [0, 0.05) is 26.2 Å². The van der Waals surface area contributed by atoms with Gasteiger partial charge in [-0.05, 0) is 34.6 Å². The molecule has 0 amide bonds. The lowest BCUT2D eigenvalue weighted by molar-refractivity contribution is 0.0594. The number of hydrogen-bond donors (Lipinski definition) is 0. The Morgan fingerprint density at radius 2 is 2.05 bits per heavy atom. The highest BCUT2D eigenvalue weighted by Crippen LogP contribution is 2.25. The van der Waals surface area contributed by atoms with Crippen LogP contribution in [0.1, 0.15) is 17.4 Å². The van der Waals surface area contributed by atoms with Crippen LogP contribution in [0.25, 0.3) is 0 Å². The fourth-order valence-electron chi connectivity index (χ4n) is 2.19. The largest absolute Gasteiger partial charge is 0.464 e. The summed E-state index contributed by atoms with van der Waals surface area (Å²) in [5.41, 5.74) is 1.36. The van der Waals surface area contributed by atoms with Crippen molar-refractivity contribution in [2.24, 2.45) is 0 Å². The summed E-state index contributed by atoms with van der Waals surface area (Å²) in [5, 5.41) is 0. The van der Waals surface area contributed by atoms with Crippen LogP contribution >= 0.6 is 15.9 Å². The molecular weight excluding hydrogens is 310 g/mol. The van der Waals surface area contributed by atoms with E-state index in [4.69, 9.17) is 0 Å². The van der Waals surface area contributed by atoms with Gasteiger partial charge in [0.1, 0.15) is 10.3 Å². The molecular formula is C13H18BrN3O2. The van der Waals surface area contributed by atoms with Gasteiger partial charge in [-0.15, -0.1) is 0 Å². The first-order valence-electron chi connectivity index (χ1n) is 6.38. The van der Waals surface area contributed by atoms with E-state index in [1.807, 2.05) is 6.07 Å². The standard InChI is InChI=1S/C13H18BrN3O2/c1-3-16-6-8-17(9-7-16)11-5-4-10(13(18)19-2)15-12(11)14/h4-5H,3,6-9H2,1-2H3. The van der Waals surface area contributed by atoms with Crippen molar-refractivity contribution < 1.29 is 9.53 Å². The molecule has 5 nitrogen and oxygen atoms in total. The molecule has 19 heavy (non-hydrogen) atoms. The second-order valence-corrected chi connectivity index (χ2v) is 5.17. The van der Waals surface area contributed by atoms with E-state index in [2.05, 4.69) is 42.4 Å². The number of rotatable bonds is 3. The Bertz CT molecular complexity index is 459. The molecule has 6 heteroatoms. The maximum atomic E-state index is 11.4. The smallest absolute Gasteiger partial charge is 0.356 e. The summed E-state index contributed by atoms with van der Waals surface area (Å²) in [7, 11) is 1.36. The molecule has 1 aromatic rings. The van der Waals surface area contributed by atoms with Gasteiger partial charge in [0.2, 0.25) is 0 Å². The first kappa shape index (κ1) is 14.3. The van der Waals surface area contributed by atoms with Crippen molar-refractivity contribution in [3.05, 3.63) is 22.4 Å². The minimum absolute atomic E-state index is 0.324. The van der Waals surface area contributed by atoms with E-state index in [-0.39, 0.29) is 0 Å². The number of pyridine rings is 1. The Balaban J connectivity index is 2.11. The number of anilines is 1. The molecule has 104 valence electrons. The van der Waals surface area contributed by atoms with Crippen molar-refractivity contribution in [3.8, 4) is 0 Å². The third-order valence-electron chi connectivity index (χ3n) is 3.38. The van der Waals surface area contributed by atoms with Gasteiger partial charge in [-0.1, -0.05) is 6.92 Å². The van der Waals surface area contributed by atoms with E-state index in [1.165, 1.54) is 7.11 Å². The number of nitrogens with zero attached hydrogens (tertiary/aromatic N) is 3. The fraction of sp³-hybridized carbons (Fsp3) is 0.538. The van der Waals surface area contributed by atoms with Crippen molar-refractivity contribution in [2.75, 3.05) is 44.7 Å². The van der Waals surface area contributed by atoms with Gasteiger partial charge in [-0.2, -0.15) is 0 Å². The summed E-state index contributed by atoms with van der Waals surface area (Å²) < 4.78 is 5.36. The van der Waals surface area contributed by atoms with E-state index in [9.17, 15) is 4.79 Å². The lowest BCUT2D eigenvalue weighted by Crippen LogP contribution is -2.46. The molecule has 0 atom stereocenters. The normalized spacial score (nSPS) is 16.5. The molecule has 0 saturated carbocycles. The van der Waals surface area contributed by atoms with Gasteiger partial charge in [0.05, 0.1) is 12.8 Å². The number of carbonyl (C=O) groups excluding carboxylic acids is 1. The number of piperazine rings is 1. The number of ether oxygens (including phenoxy) is 1. The molecule has 1 aliphatic heterocycles. The number of likely N-dealkylation sites (N-methyl/N-ethyl adjacent to an activating group) is 1. The van der Waals surface area contributed by atoms with Crippen molar-refractivity contribution >= 4 is 27.6 Å². The highest BCUT2D eigenvalue weighted by Gasteiger charge is 2.19. The first-order chi connectivity index (χ1) is 9.15. The summed E-state index contributed by atoms with van der Waals surface area (Å²) in [5.74, 6) is -0.414. The van der Waals surface area contributed by atoms with Crippen LogP contribution in [0.3, 0.4) is 0 Å². The van der Waals surface area contributed by atoms with Gasteiger partial charge in [-0.3, -0.25) is 0 Å². The molecule has 1 saturated heterocycles. The summed E-state index contributed by atoms with van der Waals surface area (Å²) in [4.78, 5) is 20.4. The van der Waals surface area contributed by atoms with Crippen molar-refractivity contribution in [1.29, 1.82) is 0 Å². The van der Waals surface area contributed by atoms with Crippen LogP contribution in [0.2, 0.25) is 0 Å². The van der Waals surface area contributed by atoms with Gasteiger partial charge < -0.3 is 14.5 Å². The number of aromatic nitrogens is 1. The van der Waals surface area contributed by atoms with E-state index in [0.29, 0.717) is 10.3 Å². The van der Waals surface area contributed by atoms with Crippen LogP contribution < -0.4 is 4.90 Å². The molecule has 1 aliphatic rings. The SMILES string of the molecule is CCN1CCN(c2ccc(C(=O)OC)nc2Br)CC1. The minimum atomic E-state index is -0.414. The molecule has 0 unspecified atom stereocenters. The van der Waals surface area contributed by atoms with Gasteiger partial charge in [0.25, 0.3) is 0 Å². The Labute approximate surface area is 121 Å². The topological polar surface area (TPSA) is 45.7 Å². The van der Waals surface area contributed by atoms with Crippen LogP contribution in [-0.4, -0.2) is 55.7 Å². The molecule has 0 aromatic carbocycles. The second kappa shape index (κ2) is 6.34. The summed E-state index contributed by atoms with van der Waals surface area (Å²) >= 11 is 3.44. The van der Waals surface area contributed by atoms with E-state index in [1.54, 1.807) is 6.07 Å². The van der Waals surface area contributed by atoms with E-state index < -0.39 is 5.97 Å². The van der Waals surface area contributed by atoms with Gasteiger partial charge in [0.15, 0.2) is 0 Å². The van der Waals surface area contributed by atoms with Crippen molar-refractivity contribution in [2.45, 2.75) is 6.92 Å². The number of methoxy groups -OCH3 is 1. The predicted octanol–water partition coefficient (Wildman–Crippen LogP) is 1.77. The molecule has 2 heterocycles. The zero-order valence-electron chi connectivity index (χ0n) is 11.2. The number of halogens is 1. The number of carbonyl (C=O) groups is 1. The summed E-state index contributed by atoms with van der Waals surface area (Å²) in [6.45, 7) is 7.34. The number of esters is 1. The quantitative estimate of drug-likeness (QED) is 0.625. The van der Waals surface area contributed by atoms with Gasteiger partial charge in [-0.25, -0.2) is 9.78 Å². The lowest BCUT2D eigenvalue weighted by Gasteiger charge is -2.35. The van der Waals surface area contributed by atoms with E-state index >= 15 is 0 Å². The second-order valence-electron chi connectivity index (χ2n) is 4.42. The Kier molecular flexibility index (Phi) is 4.76. The minimum Gasteiger partial charge on any atom is -0.464 e. The highest BCUT2D eigenvalue weighted by molar-refractivity contribution is 9.10. The van der Waals surface area contributed by atoms with Crippen LogP contribution in [0.5, 0.6) is 0 Å². The highest BCUT2D eigenvalue weighted by atomic mass is 79.9. The molecule has 1 aromatic heterocycles. The van der Waals surface area contributed by atoms with Crippen molar-refractivity contribution in [1.82, 2.24) is 9.88 Å². The molecule has 0 radical (unpaired) electrons. The molecule has 2 rings (SSSR count). The Morgan fingerprint density at radius 1 is 1.37 bits per heavy atom. The van der Waals surface area contributed by atoms with E-state index in [0.717, 1.165) is 38.4 Å². The van der Waals surface area contributed by atoms with Crippen LogP contribution in [-0.2, 0) is 4.74 Å². The monoisotopic (exact) mass is 327 g/mol. The third kappa shape index (κ3) is 3.25. The summed E-state index contributed by atoms with van der Waals surface area (Å²) in [6.07, 6.45) is 0. The van der Waals surface area contributed by atoms with Crippen LogP contribution in [0.4, 0.5) is 5.69 Å².